The number of rotatable bonds is 7. The van der Waals surface area contributed by atoms with Crippen LogP contribution in [0.4, 0.5) is 5.69 Å². The van der Waals surface area contributed by atoms with E-state index in [-0.39, 0.29) is 11.2 Å². The van der Waals surface area contributed by atoms with Crippen molar-refractivity contribution < 1.29 is 8.42 Å². The van der Waals surface area contributed by atoms with Gasteiger partial charge in [0, 0.05) is 12.2 Å². The second-order valence-electron chi connectivity index (χ2n) is 5.58. The Labute approximate surface area is 115 Å². The number of nitrogens with two attached hydrogens (primary N) is 1. The van der Waals surface area contributed by atoms with E-state index in [1.54, 1.807) is 24.3 Å². The molecule has 0 unspecified atom stereocenters. The highest BCUT2D eigenvalue weighted by molar-refractivity contribution is 7.88. The lowest BCUT2D eigenvalue weighted by Gasteiger charge is -2.15. The lowest BCUT2D eigenvalue weighted by atomic mass is 10.0. The van der Waals surface area contributed by atoms with E-state index in [0.29, 0.717) is 12.2 Å². The van der Waals surface area contributed by atoms with Gasteiger partial charge in [0.25, 0.3) is 0 Å². The van der Waals surface area contributed by atoms with Crippen molar-refractivity contribution in [3.8, 4) is 0 Å². The summed E-state index contributed by atoms with van der Waals surface area (Å²) in [7, 11) is -3.27. The third kappa shape index (κ3) is 4.21. The van der Waals surface area contributed by atoms with Crippen LogP contribution in [0, 0.1) is 5.41 Å². The number of nitrogen functional groups attached to an aromatic ring is 1. The Hall–Kier alpha value is -1.07. The largest absolute Gasteiger partial charge is 0.399 e. The van der Waals surface area contributed by atoms with Gasteiger partial charge in [-0.15, -0.1) is 0 Å². The van der Waals surface area contributed by atoms with Crippen LogP contribution < -0.4 is 10.5 Å². The minimum Gasteiger partial charge on any atom is -0.399 e. The SMILES string of the molecule is CCCC1(CNS(=O)(=O)Cc2cccc(N)c2)CC1. The standard InChI is InChI=1S/C14H22N2O2S/c1-2-6-14(7-8-14)11-16-19(17,18)10-12-4-3-5-13(15)9-12/h3-5,9,16H,2,6-8,10-11,15H2,1H3. The van der Waals surface area contributed by atoms with E-state index >= 15 is 0 Å². The van der Waals surface area contributed by atoms with Gasteiger partial charge in [-0.25, -0.2) is 13.1 Å². The lowest BCUT2D eigenvalue weighted by Crippen LogP contribution is -2.31. The molecule has 0 bridgehead atoms. The molecular weight excluding hydrogens is 260 g/mol. The Balaban J connectivity index is 1.92. The van der Waals surface area contributed by atoms with Crippen molar-refractivity contribution in [2.45, 2.75) is 38.4 Å². The summed E-state index contributed by atoms with van der Waals surface area (Å²) in [5.74, 6) is 0.000243. The summed E-state index contributed by atoms with van der Waals surface area (Å²) in [4.78, 5) is 0. The maximum absolute atomic E-state index is 12.0. The van der Waals surface area contributed by atoms with Crippen molar-refractivity contribution in [2.75, 3.05) is 12.3 Å². The average molecular weight is 282 g/mol. The molecule has 0 radical (unpaired) electrons. The molecule has 0 heterocycles. The van der Waals surface area contributed by atoms with E-state index in [1.165, 1.54) is 0 Å². The quantitative estimate of drug-likeness (QED) is 0.754. The minimum absolute atomic E-state index is 0.000243. The second-order valence-corrected chi connectivity index (χ2v) is 7.38. The molecule has 0 saturated heterocycles. The first-order valence-corrected chi connectivity index (χ1v) is 8.42. The van der Waals surface area contributed by atoms with E-state index in [4.69, 9.17) is 5.73 Å². The molecule has 1 aromatic rings. The summed E-state index contributed by atoms with van der Waals surface area (Å²) in [5, 5.41) is 0. The highest BCUT2D eigenvalue weighted by Crippen LogP contribution is 2.49. The highest BCUT2D eigenvalue weighted by atomic mass is 32.2. The zero-order valence-corrected chi connectivity index (χ0v) is 12.2. The molecule has 1 aromatic carbocycles. The molecule has 5 heteroatoms. The van der Waals surface area contributed by atoms with Crippen LogP contribution in [0.3, 0.4) is 0 Å². The molecule has 0 amide bonds. The summed E-state index contributed by atoms with van der Waals surface area (Å²) in [5.41, 5.74) is 7.21. The van der Waals surface area contributed by atoms with Gasteiger partial charge in [-0.1, -0.05) is 25.5 Å². The number of hydrogen-bond acceptors (Lipinski definition) is 3. The smallest absolute Gasteiger partial charge is 0.215 e. The Morgan fingerprint density at radius 3 is 2.68 bits per heavy atom. The first kappa shape index (κ1) is 14.3. The van der Waals surface area contributed by atoms with Gasteiger partial charge in [-0.05, 0) is 42.4 Å². The fourth-order valence-corrected chi connectivity index (χ4v) is 3.69. The van der Waals surface area contributed by atoms with Crippen LogP contribution in [-0.4, -0.2) is 15.0 Å². The predicted octanol–water partition coefficient (Wildman–Crippen LogP) is 2.27. The average Bonchev–Trinajstić information content (AvgIpc) is 3.07. The van der Waals surface area contributed by atoms with Gasteiger partial charge in [0.15, 0.2) is 0 Å². The number of nitrogens with one attached hydrogen (secondary N) is 1. The van der Waals surface area contributed by atoms with Crippen LogP contribution in [0.15, 0.2) is 24.3 Å². The van der Waals surface area contributed by atoms with Crippen molar-refractivity contribution >= 4 is 15.7 Å². The molecule has 19 heavy (non-hydrogen) atoms. The van der Waals surface area contributed by atoms with Crippen molar-refractivity contribution in [2.24, 2.45) is 5.41 Å². The van der Waals surface area contributed by atoms with E-state index in [0.717, 1.165) is 31.2 Å². The van der Waals surface area contributed by atoms with E-state index in [9.17, 15) is 8.42 Å². The third-order valence-electron chi connectivity index (χ3n) is 3.71. The van der Waals surface area contributed by atoms with Gasteiger partial charge < -0.3 is 5.73 Å². The summed E-state index contributed by atoms with van der Waals surface area (Å²) >= 11 is 0. The maximum atomic E-state index is 12.0. The molecule has 1 saturated carbocycles. The highest BCUT2D eigenvalue weighted by Gasteiger charge is 2.41. The molecule has 0 aromatic heterocycles. The molecule has 1 fully saturated rings. The molecule has 1 aliphatic carbocycles. The fourth-order valence-electron chi connectivity index (χ4n) is 2.44. The van der Waals surface area contributed by atoms with Gasteiger partial charge in [0.1, 0.15) is 0 Å². The van der Waals surface area contributed by atoms with Crippen LogP contribution in [-0.2, 0) is 15.8 Å². The zero-order valence-electron chi connectivity index (χ0n) is 11.4. The summed E-state index contributed by atoms with van der Waals surface area (Å²) in [6, 6.07) is 7.02. The van der Waals surface area contributed by atoms with Crippen molar-refractivity contribution in [1.29, 1.82) is 0 Å². The lowest BCUT2D eigenvalue weighted by molar-refractivity contribution is 0.449. The molecule has 3 N–H and O–H groups in total. The van der Waals surface area contributed by atoms with Gasteiger partial charge in [0.05, 0.1) is 5.75 Å². The molecule has 106 valence electrons. The van der Waals surface area contributed by atoms with Crippen LogP contribution in [0.25, 0.3) is 0 Å². The zero-order chi connectivity index (χ0) is 13.9. The van der Waals surface area contributed by atoms with Crippen LogP contribution in [0.5, 0.6) is 0 Å². The first-order valence-electron chi connectivity index (χ1n) is 6.76. The number of sulfonamides is 1. The van der Waals surface area contributed by atoms with E-state index in [1.807, 2.05) is 0 Å². The Bertz CT molecular complexity index is 536. The molecule has 0 spiro atoms. The van der Waals surface area contributed by atoms with Crippen molar-refractivity contribution in [1.82, 2.24) is 4.72 Å². The Morgan fingerprint density at radius 2 is 2.11 bits per heavy atom. The molecule has 2 rings (SSSR count). The summed E-state index contributed by atoms with van der Waals surface area (Å²) in [6.45, 7) is 2.72. The normalized spacial score (nSPS) is 17.3. The Morgan fingerprint density at radius 1 is 1.37 bits per heavy atom. The van der Waals surface area contributed by atoms with Gasteiger partial charge in [0.2, 0.25) is 10.0 Å². The second kappa shape index (κ2) is 5.51. The summed E-state index contributed by atoms with van der Waals surface area (Å²) < 4.78 is 26.8. The molecule has 1 aliphatic rings. The van der Waals surface area contributed by atoms with Crippen LogP contribution in [0.1, 0.15) is 38.2 Å². The molecular formula is C14H22N2O2S. The maximum Gasteiger partial charge on any atom is 0.215 e. The topological polar surface area (TPSA) is 72.2 Å². The fraction of sp³-hybridized carbons (Fsp3) is 0.571. The van der Waals surface area contributed by atoms with E-state index in [2.05, 4.69) is 11.6 Å². The van der Waals surface area contributed by atoms with Crippen LogP contribution >= 0.6 is 0 Å². The number of anilines is 1. The van der Waals surface area contributed by atoms with Gasteiger partial charge in [-0.3, -0.25) is 0 Å². The molecule has 4 nitrogen and oxygen atoms in total. The van der Waals surface area contributed by atoms with E-state index < -0.39 is 10.0 Å². The first-order chi connectivity index (χ1) is 8.95. The predicted molar refractivity (Wildman–Crippen MR) is 78.1 cm³/mol. The van der Waals surface area contributed by atoms with Crippen molar-refractivity contribution in [3.63, 3.8) is 0 Å². The summed E-state index contributed by atoms with van der Waals surface area (Å²) in [6.07, 6.45) is 4.49. The monoisotopic (exact) mass is 282 g/mol. The van der Waals surface area contributed by atoms with Crippen LogP contribution in [0.2, 0.25) is 0 Å². The number of benzene rings is 1. The van der Waals surface area contributed by atoms with Gasteiger partial charge in [-0.2, -0.15) is 0 Å². The molecule has 0 aliphatic heterocycles. The molecule has 0 atom stereocenters. The number of hydrogen-bond donors (Lipinski definition) is 2. The van der Waals surface area contributed by atoms with Crippen molar-refractivity contribution in [3.05, 3.63) is 29.8 Å². The Kier molecular flexibility index (Phi) is 4.16. The minimum atomic E-state index is -3.27. The van der Waals surface area contributed by atoms with Gasteiger partial charge >= 0.3 is 0 Å². The third-order valence-corrected chi connectivity index (χ3v) is 5.01.